The summed E-state index contributed by atoms with van der Waals surface area (Å²) >= 11 is 8.13. The van der Waals surface area contributed by atoms with Crippen LogP contribution in [0.25, 0.3) is 10.2 Å². The van der Waals surface area contributed by atoms with Gasteiger partial charge in [0, 0.05) is 35.9 Å². The molecule has 1 aliphatic heterocycles. The quantitative estimate of drug-likeness (QED) is 0.316. The van der Waals surface area contributed by atoms with Crippen LogP contribution in [-0.4, -0.2) is 57.8 Å². The van der Waals surface area contributed by atoms with Crippen molar-refractivity contribution < 1.29 is 9.53 Å². The fraction of sp³-hybridized carbons (Fsp3) is 0.259. The molecule has 0 spiro atoms. The molecule has 0 radical (unpaired) electrons. The first-order chi connectivity index (χ1) is 18.0. The van der Waals surface area contributed by atoms with Gasteiger partial charge in [-0.1, -0.05) is 23.7 Å². The van der Waals surface area contributed by atoms with E-state index in [0.717, 1.165) is 45.3 Å². The Bertz CT molecular complexity index is 1440. The number of anilines is 2. The number of ether oxygens (including phenoxy) is 1. The Morgan fingerprint density at radius 3 is 2.92 bits per heavy atom. The Balaban J connectivity index is 1.31. The molecule has 1 N–H and O–H groups in total. The number of carbonyl (C=O) groups is 1. The molecule has 1 amide bonds. The minimum absolute atomic E-state index is 0.0365. The van der Waals surface area contributed by atoms with E-state index in [4.69, 9.17) is 16.3 Å². The van der Waals surface area contributed by atoms with Crippen molar-refractivity contribution >= 4 is 50.6 Å². The number of likely N-dealkylation sites (N-methyl/N-ethyl adjacent to an activating group) is 1. The summed E-state index contributed by atoms with van der Waals surface area (Å²) in [5.74, 6) is 1.35. The third kappa shape index (κ3) is 5.90. The molecular weight excluding hydrogens is 508 g/mol. The van der Waals surface area contributed by atoms with Crippen molar-refractivity contribution in [2.45, 2.75) is 19.6 Å². The van der Waals surface area contributed by atoms with E-state index < -0.39 is 0 Å². The lowest BCUT2D eigenvalue weighted by Crippen LogP contribution is -2.34. The molecule has 0 aliphatic carbocycles. The smallest absolute Gasteiger partial charge is 0.246 e. The van der Waals surface area contributed by atoms with Crippen LogP contribution in [0.1, 0.15) is 16.1 Å². The summed E-state index contributed by atoms with van der Waals surface area (Å²) < 4.78 is 5.84. The predicted molar refractivity (Wildman–Crippen MR) is 148 cm³/mol. The number of fused-ring (bicyclic) bond motifs is 3. The molecule has 37 heavy (non-hydrogen) atoms. The summed E-state index contributed by atoms with van der Waals surface area (Å²) in [6.07, 6.45) is 7.61. The topological polar surface area (TPSA) is 83.5 Å². The molecule has 1 aliphatic rings. The highest BCUT2D eigenvalue weighted by molar-refractivity contribution is 7.19. The molecule has 4 heterocycles. The molecule has 0 saturated carbocycles. The van der Waals surface area contributed by atoms with E-state index in [1.807, 2.05) is 66.4 Å². The molecule has 8 nitrogen and oxygen atoms in total. The van der Waals surface area contributed by atoms with Crippen molar-refractivity contribution in [1.29, 1.82) is 0 Å². The van der Waals surface area contributed by atoms with Crippen molar-refractivity contribution in [2.75, 3.05) is 32.5 Å². The van der Waals surface area contributed by atoms with E-state index in [9.17, 15) is 4.79 Å². The second kappa shape index (κ2) is 11.2. The molecule has 4 aromatic rings. The van der Waals surface area contributed by atoms with Gasteiger partial charge in [-0.3, -0.25) is 9.78 Å². The number of rotatable bonds is 8. The second-order valence-electron chi connectivity index (χ2n) is 8.96. The van der Waals surface area contributed by atoms with Gasteiger partial charge in [-0.15, -0.1) is 11.3 Å². The van der Waals surface area contributed by atoms with E-state index in [1.165, 1.54) is 5.56 Å². The highest BCUT2D eigenvalue weighted by Gasteiger charge is 2.25. The van der Waals surface area contributed by atoms with E-state index in [2.05, 4.69) is 20.3 Å². The number of halogens is 1. The SMILES string of the molecule is CN(C)C/C=C/C(=O)N1CCc2c(sc3ncnc(Nc4ccc(OCc5ccccn5)c(Cl)c4)c23)C1. The van der Waals surface area contributed by atoms with Crippen LogP contribution in [0.4, 0.5) is 11.5 Å². The van der Waals surface area contributed by atoms with Crippen LogP contribution in [0.2, 0.25) is 5.02 Å². The normalized spacial score (nSPS) is 13.4. The summed E-state index contributed by atoms with van der Waals surface area (Å²) in [5.41, 5.74) is 2.83. The minimum Gasteiger partial charge on any atom is -0.486 e. The van der Waals surface area contributed by atoms with Gasteiger partial charge < -0.3 is 19.9 Å². The highest BCUT2D eigenvalue weighted by atomic mass is 35.5. The number of benzene rings is 1. The van der Waals surface area contributed by atoms with Gasteiger partial charge in [0.25, 0.3) is 0 Å². The molecule has 0 unspecified atom stereocenters. The van der Waals surface area contributed by atoms with Gasteiger partial charge in [0.05, 0.1) is 22.6 Å². The summed E-state index contributed by atoms with van der Waals surface area (Å²) in [4.78, 5) is 31.9. The molecule has 5 rings (SSSR count). The molecule has 1 aromatic carbocycles. The zero-order valence-corrected chi connectivity index (χ0v) is 22.2. The molecule has 3 aromatic heterocycles. The van der Waals surface area contributed by atoms with Crippen LogP contribution in [0.3, 0.4) is 0 Å². The number of aromatic nitrogens is 3. The van der Waals surface area contributed by atoms with Gasteiger partial charge in [0.15, 0.2) is 0 Å². The summed E-state index contributed by atoms with van der Waals surface area (Å²) in [7, 11) is 3.96. The molecule has 190 valence electrons. The van der Waals surface area contributed by atoms with Crippen molar-refractivity contribution in [3.05, 3.63) is 82.2 Å². The number of thiophene rings is 1. The maximum atomic E-state index is 12.7. The fourth-order valence-electron chi connectivity index (χ4n) is 4.15. The summed E-state index contributed by atoms with van der Waals surface area (Å²) in [6.45, 7) is 2.31. The van der Waals surface area contributed by atoms with Gasteiger partial charge in [0.2, 0.25) is 5.91 Å². The van der Waals surface area contributed by atoms with Crippen LogP contribution in [0.15, 0.2) is 61.1 Å². The fourth-order valence-corrected chi connectivity index (χ4v) is 5.59. The van der Waals surface area contributed by atoms with Crippen molar-refractivity contribution in [3.8, 4) is 5.75 Å². The first kappa shape index (κ1) is 25.1. The standard InChI is InChI=1S/C27H27ClN6O2S/c1-33(2)12-5-7-24(35)34-13-10-20-23(15-34)37-27-25(20)26(30-17-31-27)32-18-8-9-22(21(28)14-18)36-16-19-6-3-4-11-29-19/h3-9,11,14,17H,10,12-13,15-16H2,1-2H3,(H,30,31,32)/b7-5+. The van der Waals surface area contributed by atoms with Crippen molar-refractivity contribution in [3.63, 3.8) is 0 Å². The van der Waals surface area contributed by atoms with Crippen molar-refractivity contribution in [1.82, 2.24) is 24.8 Å². The van der Waals surface area contributed by atoms with E-state index in [1.54, 1.807) is 29.9 Å². The summed E-state index contributed by atoms with van der Waals surface area (Å²) in [5, 5.41) is 4.90. The third-order valence-corrected chi connectivity index (χ3v) is 7.40. The molecular formula is C27H27ClN6O2S. The average Bonchev–Trinajstić information content (AvgIpc) is 3.27. The number of amides is 1. The van der Waals surface area contributed by atoms with Crippen LogP contribution in [-0.2, 0) is 24.4 Å². The Morgan fingerprint density at radius 1 is 1.24 bits per heavy atom. The van der Waals surface area contributed by atoms with Gasteiger partial charge in [-0.05, 0) is 56.4 Å². The van der Waals surface area contributed by atoms with Gasteiger partial charge in [-0.25, -0.2) is 9.97 Å². The lowest BCUT2D eigenvalue weighted by molar-refractivity contribution is -0.126. The van der Waals surface area contributed by atoms with E-state index >= 15 is 0 Å². The summed E-state index contributed by atoms with van der Waals surface area (Å²) in [6, 6.07) is 11.3. The van der Waals surface area contributed by atoms with Crippen molar-refractivity contribution in [2.24, 2.45) is 0 Å². The van der Waals surface area contributed by atoms with Crippen LogP contribution < -0.4 is 10.1 Å². The molecule has 0 saturated heterocycles. The molecule has 0 bridgehead atoms. The lowest BCUT2D eigenvalue weighted by Gasteiger charge is -2.26. The maximum absolute atomic E-state index is 12.7. The van der Waals surface area contributed by atoms with Gasteiger partial charge in [-0.2, -0.15) is 0 Å². The Kier molecular flexibility index (Phi) is 7.64. The predicted octanol–water partition coefficient (Wildman–Crippen LogP) is 5.06. The first-order valence-corrected chi connectivity index (χ1v) is 13.1. The number of hydrogen-bond acceptors (Lipinski definition) is 8. The molecule has 10 heteroatoms. The van der Waals surface area contributed by atoms with Gasteiger partial charge in [0.1, 0.15) is 29.3 Å². The minimum atomic E-state index is 0.0365. The zero-order valence-electron chi connectivity index (χ0n) is 20.6. The number of nitrogens with zero attached hydrogens (tertiary/aromatic N) is 5. The van der Waals surface area contributed by atoms with Crippen LogP contribution in [0.5, 0.6) is 5.75 Å². The number of pyridine rings is 1. The zero-order chi connectivity index (χ0) is 25.8. The largest absolute Gasteiger partial charge is 0.486 e. The highest BCUT2D eigenvalue weighted by Crippen LogP contribution is 2.38. The number of hydrogen-bond donors (Lipinski definition) is 1. The Hall–Kier alpha value is -3.53. The number of carbonyl (C=O) groups excluding carboxylic acids is 1. The monoisotopic (exact) mass is 534 g/mol. The van der Waals surface area contributed by atoms with E-state index in [-0.39, 0.29) is 5.91 Å². The lowest BCUT2D eigenvalue weighted by atomic mass is 10.0. The second-order valence-corrected chi connectivity index (χ2v) is 10.5. The average molecular weight is 535 g/mol. The molecule has 0 fully saturated rings. The first-order valence-electron chi connectivity index (χ1n) is 11.9. The number of nitrogens with one attached hydrogen (secondary N) is 1. The van der Waals surface area contributed by atoms with E-state index in [0.29, 0.717) is 30.5 Å². The Labute approximate surface area is 224 Å². The maximum Gasteiger partial charge on any atom is 0.246 e. The van der Waals surface area contributed by atoms with Crippen LogP contribution >= 0.6 is 22.9 Å². The molecule has 0 atom stereocenters. The van der Waals surface area contributed by atoms with Gasteiger partial charge >= 0.3 is 0 Å². The van der Waals surface area contributed by atoms with Crippen LogP contribution in [0, 0.1) is 0 Å². The third-order valence-electron chi connectivity index (χ3n) is 5.98. The Morgan fingerprint density at radius 2 is 2.14 bits per heavy atom.